The lowest BCUT2D eigenvalue weighted by molar-refractivity contribution is -0.136. The number of hydrogen-bond acceptors (Lipinski definition) is 5. The molecule has 3 aromatic heterocycles. The molecule has 0 aliphatic heterocycles. The SMILES string of the molecule is Cc1ccc(-c2cc(C(F)(F)F)c3c(N)ncnn23)cc1C(=O)Nc1cn(Cc2ccccc2)cn1. The zero-order chi connectivity index (χ0) is 25.4. The number of fused-ring (bicyclic) bond motifs is 1. The van der Waals surface area contributed by atoms with E-state index in [-0.39, 0.29) is 22.6 Å². The highest BCUT2D eigenvalue weighted by molar-refractivity contribution is 6.05. The molecule has 5 rings (SSSR count). The van der Waals surface area contributed by atoms with E-state index in [1.165, 1.54) is 6.07 Å². The molecule has 5 aromatic rings. The Labute approximate surface area is 203 Å². The molecule has 0 fully saturated rings. The molecule has 8 nitrogen and oxygen atoms in total. The summed E-state index contributed by atoms with van der Waals surface area (Å²) >= 11 is 0. The van der Waals surface area contributed by atoms with Crippen LogP contribution in [0.4, 0.5) is 24.8 Å². The first kappa shape index (κ1) is 23.1. The van der Waals surface area contributed by atoms with Gasteiger partial charge in [0.2, 0.25) is 0 Å². The first-order valence-corrected chi connectivity index (χ1v) is 10.9. The van der Waals surface area contributed by atoms with E-state index < -0.39 is 17.6 Å². The maximum atomic E-state index is 13.7. The predicted octanol–water partition coefficient (Wildman–Crippen LogP) is 4.80. The minimum Gasteiger partial charge on any atom is -0.382 e. The molecule has 0 saturated heterocycles. The van der Waals surface area contributed by atoms with Gasteiger partial charge in [-0.25, -0.2) is 14.5 Å². The Morgan fingerprint density at radius 2 is 1.86 bits per heavy atom. The monoisotopic (exact) mass is 491 g/mol. The maximum Gasteiger partial charge on any atom is 0.418 e. The molecule has 3 N–H and O–H groups in total. The van der Waals surface area contributed by atoms with Crippen LogP contribution >= 0.6 is 0 Å². The third kappa shape index (κ3) is 4.38. The van der Waals surface area contributed by atoms with E-state index in [4.69, 9.17) is 5.73 Å². The molecule has 0 atom stereocenters. The lowest BCUT2D eigenvalue weighted by atomic mass is 10.0. The quantitative estimate of drug-likeness (QED) is 0.368. The lowest BCUT2D eigenvalue weighted by Gasteiger charge is -2.09. The summed E-state index contributed by atoms with van der Waals surface area (Å²) < 4.78 is 44.0. The summed E-state index contributed by atoms with van der Waals surface area (Å²) in [6.07, 6.45) is -0.257. The summed E-state index contributed by atoms with van der Waals surface area (Å²) in [6, 6.07) is 15.6. The van der Waals surface area contributed by atoms with Gasteiger partial charge in [0.1, 0.15) is 11.8 Å². The molecule has 0 spiro atoms. The van der Waals surface area contributed by atoms with E-state index >= 15 is 0 Å². The molecule has 0 radical (unpaired) electrons. The normalized spacial score (nSPS) is 11.7. The van der Waals surface area contributed by atoms with Gasteiger partial charge in [-0.15, -0.1) is 0 Å². The van der Waals surface area contributed by atoms with Gasteiger partial charge in [-0.05, 0) is 30.2 Å². The van der Waals surface area contributed by atoms with Crippen LogP contribution in [0.25, 0.3) is 16.8 Å². The highest BCUT2D eigenvalue weighted by Crippen LogP contribution is 2.38. The molecule has 0 unspecified atom stereocenters. The van der Waals surface area contributed by atoms with Crippen LogP contribution in [-0.2, 0) is 12.7 Å². The standard InChI is InChI=1S/C25H20F3N7O/c1-15-7-8-17(20-10-19(25(26,27)28)22-23(29)30-13-32-35(20)22)9-18(15)24(36)33-21-12-34(14-31-21)11-16-5-3-2-4-6-16/h2-10,12-14H,11H2,1H3,(H,33,36)(H2,29,30,32). The number of alkyl halides is 3. The number of aryl methyl sites for hydroxylation is 1. The van der Waals surface area contributed by atoms with Crippen molar-refractivity contribution in [1.82, 2.24) is 24.1 Å². The predicted molar refractivity (Wildman–Crippen MR) is 128 cm³/mol. The van der Waals surface area contributed by atoms with E-state index in [1.54, 1.807) is 31.6 Å². The second-order valence-corrected chi connectivity index (χ2v) is 8.25. The van der Waals surface area contributed by atoms with Crippen molar-refractivity contribution in [2.24, 2.45) is 0 Å². The highest BCUT2D eigenvalue weighted by Gasteiger charge is 2.36. The van der Waals surface area contributed by atoms with Crippen LogP contribution in [-0.4, -0.2) is 30.1 Å². The fourth-order valence-electron chi connectivity index (χ4n) is 4.00. The Morgan fingerprint density at radius 3 is 2.61 bits per heavy atom. The van der Waals surface area contributed by atoms with Gasteiger partial charge in [-0.1, -0.05) is 42.5 Å². The minimum atomic E-state index is -4.66. The van der Waals surface area contributed by atoms with Gasteiger partial charge in [0.25, 0.3) is 5.91 Å². The van der Waals surface area contributed by atoms with Crippen molar-refractivity contribution in [3.63, 3.8) is 0 Å². The zero-order valence-electron chi connectivity index (χ0n) is 19.0. The van der Waals surface area contributed by atoms with Crippen LogP contribution in [0.5, 0.6) is 0 Å². The van der Waals surface area contributed by atoms with Gasteiger partial charge in [0, 0.05) is 23.9 Å². The number of nitrogens with one attached hydrogen (secondary N) is 1. The van der Waals surface area contributed by atoms with Crippen molar-refractivity contribution in [2.45, 2.75) is 19.6 Å². The molecule has 1 amide bonds. The fourth-order valence-corrected chi connectivity index (χ4v) is 4.00. The van der Waals surface area contributed by atoms with E-state index in [0.29, 0.717) is 23.5 Å². The van der Waals surface area contributed by atoms with Crippen LogP contribution in [0.15, 0.2) is 73.4 Å². The molecule has 0 bridgehead atoms. The molecule has 11 heteroatoms. The number of carbonyl (C=O) groups is 1. The molecule has 2 aromatic carbocycles. The van der Waals surface area contributed by atoms with E-state index in [0.717, 1.165) is 22.5 Å². The number of amides is 1. The Bertz CT molecular complexity index is 1570. The van der Waals surface area contributed by atoms with Crippen molar-refractivity contribution in [1.29, 1.82) is 0 Å². The Hall–Kier alpha value is -4.67. The van der Waals surface area contributed by atoms with Crippen LogP contribution in [0.1, 0.15) is 27.0 Å². The molecule has 3 heterocycles. The van der Waals surface area contributed by atoms with Crippen LogP contribution < -0.4 is 11.1 Å². The van der Waals surface area contributed by atoms with Gasteiger partial charge in [0.05, 0.1) is 17.6 Å². The number of nitrogens with zero attached hydrogens (tertiary/aromatic N) is 5. The average molecular weight is 491 g/mol. The molecular formula is C25H20F3N7O. The Morgan fingerprint density at radius 1 is 1.08 bits per heavy atom. The molecule has 182 valence electrons. The number of imidazole rings is 1. The number of rotatable bonds is 5. The first-order chi connectivity index (χ1) is 17.2. The second kappa shape index (κ2) is 8.84. The van der Waals surface area contributed by atoms with E-state index in [9.17, 15) is 18.0 Å². The Balaban J connectivity index is 1.45. The fraction of sp³-hybridized carbons (Fsp3) is 0.120. The summed E-state index contributed by atoms with van der Waals surface area (Å²) in [5.41, 5.74) is 6.96. The van der Waals surface area contributed by atoms with Crippen molar-refractivity contribution >= 4 is 23.1 Å². The van der Waals surface area contributed by atoms with Crippen molar-refractivity contribution in [2.75, 3.05) is 11.1 Å². The number of halogens is 3. The van der Waals surface area contributed by atoms with Crippen LogP contribution in [0.2, 0.25) is 0 Å². The smallest absolute Gasteiger partial charge is 0.382 e. The van der Waals surface area contributed by atoms with Crippen molar-refractivity contribution < 1.29 is 18.0 Å². The van der Waals surface area contributed by atoms with E-state index in [2.05, 4.69) is 20.4 Å². The summed E-state index contributed by atoms with van der Waals surface area (Å²) in [6.45, 7) is 2.33. The largest absolute Gasteiger partial charge is 0.418 e. The highest BCUT2D eigenvalue weighted by atomic mass is 19.4. The average Bonchev–Trinajstić information content (AvgIpc) is 3.45. The maximum absolute atomic E-state index is 13.7. The van der Waals surface area contributed by atoms with Gasteiger partial charge in [-0.3, -0.25) is 4.79 Å². The summed E-state index contributed by atoms with van der Waals surface area (Å²) in [5.74, 6) is -0.376. The number of anilines is 2. The third-order valence-corrected chi connectivity index (χ3v) is 5.75. The molecule has 36 heavy (non-hydrogen) atoms. The summed E-state index contributed by atoms with van der Waals surface area (Å²) in [7, 11) is 0. The van der Waals surface area contributed by atoms with E-state index in [1.807, 2.05) is 34.9 Å². The van der Waals surface area contributed by atoms with Gasteiger partial charge in [-0.2, -0.15) is 18.3 Å². The third-order valence-electron chi connectivity index (χ3n) is 5.75. The summed E-state index contributed by atoms with van der Waals surface area (Å²) in [4.78, 5) is 21.0. The number of hydrogen-bond donors (Lipinski definition) is 2. The number of carbonyl (C=O) groups excluding carboxylic acids is 1. The van der Waals surface area contributed by atoms with Gasteiger partial charge in [0.15, 0.2) is 11.6 Å². The van der Waals surface area contributed by atoms with Crippen LogP contribution in [0.3, 0.4) is 0 Å². The lowest BCUT2D eigenvalue weighted by Crippen LogP contribution is -2.14. The minimum absolute atomic E-state index is 0.132. The summed E-state index contributed by atoms with van der Waals surface area (Å²) in [5, 5.41) is 6.72. The number of benzene rings is 2. The molecular weight excluding hydrogens is 471 g/mol. The topological polar surface area (TPSA) is 103 Å². The number of nitrogens with two attached hydrogens (primary N) is 1. The number of aromatic nitrogens is 5. The van der Waals surface area contributed by atoms with Gasteiger partial charge >= 0.3 is 6.18 Å². The van der Waals surface area contributed by atoms with Crippen LogP contribution in [0, 0.1) is 6.92 Å². The van der Waals surface area contributed by atoms with Crippen molar-refractivity contribution in [3.05, 3.63) is 95.7 Å². The second-order valence-electron chi connectivity index (χ2n) is 8.25. The zero-order valence-corrected chi connectivity index (χ0v) is 19.0. The molecule has 0 aliphatic rings. The van der Waals surface area contributed by atoms with Gasteiger partial charge < -0.3 is 15.6 Å². The molecule has 0 aliphatic carbocycles. The first-order valence-electron chi connectivity index (χ1n) is 10.9. The molecule has 0 saturated carbocycles. The number of nitrogen functional groups attached to an aromatic ring is 1. The van der Waals surface area contributed by atoms with Crippen molar-refractivity contribution in [3.8, 4) is 11.3 Å². The Kier molecular flexibility index (Phi) is 5.67.